The summed E-state index contributed by atoms with van der Waals surface area (Å²) in [6.07, 6.45) is 9.48. The summed E-state index contributed by atoms with van der Waals surface area (Å²) >= 11 is 0. The molecule has 1 aromatic heterocycles. The van der Waals surface area contributed by atoms with Crippen LogP contribution in [0.2, 0.25) is 0 Å². The third-order valence-electron chi connectivity index (χ3n) is 3.82. The van der Waals surface area contributed by atoms with E-state index in [4.69, 9.17) is 15.4 Å². The van der Waals surface area contributed by atoms with E-state index >= 15 is 0 Å². The second-order valence-corrected chi connectivity index (χ2v) is 7.42. The predicted molar refractivity (Wildman–Crippen MR) is 142 cm³/mol. The highest BCUT2D eigenvalue weighted by Crippen LogP contribution is 2.12. The summed E-state index contributed by atoms with van der Waals surface area (Å²) < 4.78 is 1.94. The summed E-state index contributed by atoms with van der Waals surface area (Å²) in [5.74, 6) is 0. The molecule has 6 nitrogen and oxygen atoms in total. The van der Waals surface area contributed by atoms with Crippen LogP contribution in [0, 0.1) is 5.41 Å². The SMILES string of the molecule is CC.CC.CC/C=C/c1ccn(/C(=C/c2ccccc2)CNC(C)(C)C)c(=N)c1.O=CNO. The van der Waals surface area contributed by atoms with E-state index in [1.165, 1.54) is 5.48 Å². The highest BCUT2D eigenvalue weighted by molar-refractivity contribution is 5.72. The van der Waals surface area contributed by atoms with E-state index in [1.807, 2.05) is 62.7 Å². The summed E-state index contributed by atoms with van der Waals surface area (Å²) in [4.78, 5) is 8.81. The molecule has 0 bridgehead atoms. The number of benzene rings is 1. The molecule has 33 heavy (non-hydrogen) atoms. The van der Waals surface area contributed by atoms with Gasteiger partial charge in [-0.1, -0.05) is 77.1 Å². The zero-order chi connectivity index (χ0) is 25.7. The van der Waals surface area contributed by atoms with Crippen LogP contribution in [0.5, 0.6) is 0 Å². The van der Waals surface area contributed by atoms with Crippen LogP contribution in [0.25, 0.3) is 17.8 Å². The number of pyridine rings is 1. The Kier molecular flexibility index (Phi) is 19.2. The summed E-state index contributed by atoms with van der Waals surface area (Å²) in [6, 6.07) is 14.2. The van der Waals surface area contributed by atoms with Gasteiger partial charge in [0.1, 0.15) is 5.49 Å². The number of rotatable bonds is 7. The molecule has 0 saturated heterocycles. The van der Waals surface area contributed by atoms with Gasteiger partial charge in [0.2, 0.25) is 6.41 Å². The first-order valence-corrected chi connectivity index (χ1v) is 11.6. The number of nitrogens with one attached hydrogen (secondary N) is 3. The lowest BCUT2D eigenvalue weighted by Gasteiger charge is -2.23. The maximum atomic E-state index is 8.81. The van der Waals surface area contributed by atoms with Gasteiger partial charge >= 0.3 is 0 Å². The number of allylic oxidation sites excluding steroid dienone is 1. The van der Waals surface area contributed by atoms with Gasteiger partial charge in [-0.05, 0) is 56.5 Å². The van der Waals surface area contributed by atoms with Crippen molar-refractivity contribution in [2.45, 2.75) is 67.3 Å². The Morgan fingerprint density at radius 2 is 1.64 bits per heavy atom. The molecule has 1 aromatic carbocycles. The average Bonchev–Trinajstić information content (AvgIpc) is 2.83. The minimum Gasteiger partial charge on any atom is -0.307 e. The van der Waals surface area contributed by atoms with Crippen molar-refractivity contribution in [1.82, 2.24) is 15.4 Å². The molecule has 6 heteroatoms. The Labute approximate surface area is 200 Å². The number of aromatic nitrogens is 1. The van der Waals surface area contributed by atoms with Crippen molar-refractivity contribution in [2.24, 2.45) is 0 Å². The van der Waals surface area contributed by atoms with Crippen LogP contribution in [0.3, 0.4) is 0 Å². The summed E-state index contributed by atoms with van der Waals surface area (Å²) in [5.41, 5.74) is 5.00. The lowest BCUT2D eigenvalue weighted by molar-refractivity contribution is -0.116. The van der Waals surface area contributed by atoms with Gasteiger partial charge in [0.25, 0.3) is 0 Å². The predicted octanol–water partition coefficient (Wildman–Crippen LogP) is 5.95. The average molecular weight is 457 g/mol. The van der Waals surface area contributed by atoms with Crippen molar-refractivity contribution in [3.63, 3.8) is 0 Å². The molecule has 0 atom stereocenters. The number of hydrogen-bond acceptors (Lipinski definition) is 4. The lowest BCUT2D eigenvalue weighted by atomic mass is 10.1. The van der Waals surface area contributed by atoms with E-state index in [-0.39, 0.29) is 11.9 Å². The van der Waals surface area contributed by atoms with Crippen molar-refractivity contribution in [1.29, 1.82) is 5.41 Å². The van der Waals surface area contributed by atoms with Gasteiger partial charge < -0.3 is 9.88 Å². The fraction of sp³-hybridized carbons (Fsp3) is 0.407. The molecule has 0 aliphatic carbocycles. The zero-order valence-corrected chi connectivity index (χ0v) is 21.6. The normalized spacial score (nSPS) is 10.6. The molecule has 2 aromatic rings. The highest BCUT2D eigenvalue weighted by atomic mass is 16.5. The van der Waals surface area contributed by atoms with Crippen molar-refractivity contribution in [3.05, 3.63) is 71.4 Å². The first kappa shape index (κ1) is 32.2. The van der Waals surface area contributed by atoms with Gasteiger partial charge in [-0.15, -0.1) is 0 Å². The fourth-order valence-corrected chi connectivity index (χ4v) is 2.43. The Morgan fingerprint density at radius 3 is 2.09 bits per heavy atom. The Balaban J connectivity index is 0. The van der Waals surface area contributed by atoms with E-state index in [1.54, 1.807) is 0 Å². The number of nitrogens with zero attached hydrogens (tertiary/aromatic N) is 1. The van der Waals surface area contributed by atoms with Crippen LogP contribution in [0.15, 0.2) is 54.7 Å². The van der Waals surface area contributed by atoms with E-state index in [2.05, 4.69) is 69.4 Å². The van der Waals surface area contributed by atoms with Gasteiger partial charge in [-0.3, -0.25) is 15.4 Å². The van der Waals surface area contributed by atoms with Crippen molar-refractivity contribution in [2.75, 3.05) is 6.54 Å². The molecule has 4 N–H and O–H groups in total. The summed E-state index contributed by atoms with van der Waals surface area (Å²) in [6.45, 7) is 17.3. The van der Waals surface area contributed by atoms with Crippen molar-refractivity contribution >= 4 is 24.3 Å². The van der Waals surface area contributed by atoms with Crippen LogP contribution in [-0.4, -0.2) is 28.3 Å². The third kappa shape index (κ3) is 15.5. The Morgan fingerprint density at radius 1 is 1.06 bits per heavy atom. The molecule has 184 valence electrons. The van der Waals surface area contributed by atoms with Crippen LogP contribution in [0.4, 0.5) is 0 Å². The van der Waals surface area contributed by atoms with Gasteiger partial charge in [0.15, 0.2) is 0 Å². The molecule has 2 rings (SSSR count). The molecular formula is C27H44N4O2. The Hall–Kier alpha value is -2.96. The van der Waals surface area contributed by atoms with Crippen LogP contribution in [-0.2, 0) is 4.79 Å². The van der Waals surface area contributed by atoms with E-state index < -0.39 is 0 Å². The lowest BCUT2D eigenvalue weighted by Crippen LogP contribution is -2.38. The molecule has 0 fully saturated rings. The molecule has 0 saturated carbocycles. The van der Waals surface area contributed by atoms with Gasteiger partial charge in [-0.2, -0.15) is 0 Å². The topological polar surface area (TPSA) is 90.1 Å². The quantitative estimate of drug-likeness (QED) is 0.236. The first-order chi connectivity index (χ1) is 15.8. The molecule has 0 aliphatic heterocycles. The van der Waals surface area contributed by atoms with E-state index in [0.717, 1.165) is 23.2 Å². The Bertz CT molecular complexity index is 864. The number of carbonyl (C=O) groups excluding carboxylic acids is 1. The summed E-state index contributed by atoms with van der Waals surface area (Å²) in [7, 11) is 0. The molecule has 0 aliphatic rings. The highest BCUT2D eigenvalue weighted by Gasteiger charge is 2.11. The number of amides is 1. The van der Waals surface area contributed by atoms with E-state index in [9.17, 15) is 0 Å². The largest absolute Gasteiger partial charge is 0.307 e. The van der Waals surface area contributed by atoms with Crippen LogP contribution < -0.4 is 16.3 Å². The third-order valence-corrected chi connectivity index (χ3v) is 3.82. The summed E-state index contributed by atoms with van der Waals surface area (Å²) in [5, 5.41) is 19.2. The maximum Gasteiger partial charge on any atom is 0.230 e. The van der Waals surface area contributed by atoms with Crippen molar-refractivity contribution < 1.29 is 10.0 Å². The minimum absolute atomic E-state index is 0.0162. The molecule has 1 amide bonds. The fourth-order valence-electron chi connectivity index (χ4n) is 2.43. The zero-order valence-electron chi connectivity index (χ0n) is 21.6. The monoisotopic (exact) mass is 456 g/mol. The van der Waals surface area contributed by atoms with Crippen molar-refractivity contribution in [3.8, 4) is 0 Å². The molecule has 0 spiro atoms. The molecular weight excluding hydrogens is 412 g/mol. The van der Waals surface area contributed by atoms with Crippen LogP contribution >= 0.6 is 0 Å². The maximum absolute atomic E-state index is 8.81. The van der Waals surface area contributed by atoms with Crippen LogP contribution in [0.1, 0.15) is 72.9 Å². The standard InChI is InChI=1S/C22H29N3.2C2H6.CH3NO2/c1-5-6-10-19-13-14-25(21(23)16-19)20(17-24-22(2,3)4)15-18-11-8-7-9-12-18;2*1-2;3-1-2-4/h6-16,23-24H,5,17H2,1-4H3;2*1-2H3;1,4H,(H,2,3)/b10-6+,20-15+,23-21?;;;. The van der Waals surface area contributed by atoms with Gasteiger partial charge in [0.05, 0.1) is 0 Å². The molecule has 0 unspecified atom stereocenters. The van der Waals surface area contributed by atoms with E-state index in [0.29, 0.717) is 12.0 Å². The number of carbonyl (C=O) groups is 1. The van der Waals surface area contributed by atoms with Gasteiger partial charge in [0, 0.05) is 24.0 Å². The molecule has 0 radical (unpaired) electrons. The molecule has 1 heterocycles. The second-order valence-electron chi connectivity index (χ2n) is 7.42. The smallest absolute Gasteiger partial charge is 0.230 e. The number of hydrogen-bond donors (Lipinski definition) is 4. The first-order valence-electron chi connectivity index (χ1n) is 11.6. The van der Waals surface area contributed by atoms with Gasteiger partial charge in [-0.25, -0.2) is 5.48 Å². The number of hydroxylamine groups is 1. The minimum atomic E-state index is 0.0162. The second kappa shape index (κ2) is 19.7.